The maximum absolute atomic E-state index is 12.1. The Morgan fingerprint density at radius 1 is 1.35 bits per heavy atom. The monoisotopic (exact) mass is 347 g/mol. The Hall–Kier alpha value is -1.80. The molecule has 0 atom stereocenters. The minimum atomic E-state index is -0.0979. The number of carbonyl (C=O) groups excluding carboxylic acids is 1. The number of nitrogens with zero attached hydrogens (tertiary/aromatic N) is 4. The molecule has 1 N–H and O–H groups in total. The standard InChI is InChI=1S/C15H17N5OS2/c21-12(8-11-9-20-5-6-22-15(20)16-11)17-14-19-18-13(23-14)7-10-3-1-2-4-10/h5-6,9-10H,1-4,7-8H2,(H,17,19,21). The summed E-state index contributed by atoms with van der Waals surface area (Å²) in [5.41, 5.74) is 0.769. The number of rotatable bonds is 5. The lowest BCUT2D eigenvalue weighted by Gasteiger charge is -2.03. The maximum Gasteiger partial charge on any atom is 0.232 e. The van der Waals surface area contributed by atoms with Gasteiger partial charge in [0.1, 0.15) is 5.01 Å². The molecule has 0 aliphatic heterocycles. The Morgan fingerprint density at radius 3 is 3.04 bits per heavy atom. The second-order valence-corrected chi connectivity index (χ2v) is 7.84. The molecular formula is C15H17N5OS2. The van der Waals surface area contributed by atoms with Gasteiger partial charge in [0.25, 0.3) is 0 Å². The molecule has 120 valence electrons. The van der Waals surface area contributed by atoms with Crippen LogP contribution >= 0.6 is 22.7 Å². The fraction of sp³-hybridized carbons (Fsp3) is 0.467. The van der Waals surface area contributed by atoms with Crippen LogP contribution in [0.4, 0.5) is 5.13 Å². The normalized spacial score (nSPS) is 15.5. The summed E-state index contributed by atoms with van der Waals surface area (Å²) >= 11 is 3.04. The Balaban J connectivity index is 1.34. The number of amides is 1. The van der Waals surface area contributed by atoms with E-state index in [4.69, 9.17) is 0 Å². The second-order valence-electron chi connectivity index (χ2n) is 5.91. The summed E-state index contributed by atoms with van der Waals surface area (Å²) in [6.45, 7) is 0. The van der Waals surface area contributed by atoms with E-state index in [-0.39, 0.29) is 12.3 Å². The number of hydrogen-bond donors (Lipinski definition) is 1. The van der Waals surface area contributed by atoms with Gasteiger partial charge in [0.05, 0.1) is 12.1 Å². The van der Waals surface area contributed by atoms with Crippen LogP contribution in [0.1, 0.15) is 36.4 Å². The van der Waals surface area contributed by atoms with Crippen LogP contribution in [-0.2, 0) is 17.6 Å². The van der Waals surface area contributed by atoms with Crippen molar-refractivity contribution in [3.05, 3.63) is 28.5 Å². The molecular weight excluding hydrogens is 330 g/mol. The molecule has 4 rings (SSSR count). The van der Waals surface area contributed by atoms with E-state index in [0.717, 1.165) is 28.0 Å². The van der Waals surface area contributed by atoms with Gasteiger partial charge in [0.2, 0.25) is 11.0 Å². The van der Waals surface area contributed by atoms with Crippen molar-refractivity contribution >= 4 is 38.7 Å². The van der Waals surface area contributed by atoms with Crippen molar-refractivity contribution in [3.8, 4) is 0 Å². The van der Waals surface area contributed by atoms with Crippen LogP contribution in [0.2, 0.25) is 0 Å². The first-order valence-corrected chi connectivity index (χ1v) is 9.49. The molecule has 0 unspecified atom stereocenters. The van der Waals surface area contributed by atoms with E-state index in [1.165, 1.54) is 37.0 Å². The number of nitrogens with one attached hydrogen (secondary N) is 1. The Bertz CT molecular complexity index is 786. The summed E-state index contributed by atoms with van der Waals surface area (Å²) in [5, 5.41) is 14.7. The van der Waals surface area contributed by atoms with E-state index < -0.39 is 0 Å². The van der Waals surface area contributed by atoms with E-state index in [0.29, 0.717) is 5.13 Å². The molecule has 1 aliphatic carbocycles. The van der Waals surface area contributed by atoms with Gasteiger partial charge in [-0.05, 0) is 5.92 Å². The van der Waals surface area contributed by atoms with E-state index >= 15 is 0 Å². The highest BCUT2D eigenvalue weighted by Gasteiger charge is 2.18. The van der Waals surface area contributed by atoms with Gasteiger partial charge in [-0.2, -0.15) is 0 Å². The van der Waals surface area contributed by atoms with Crippen molar-refractivity contribution in [3.63, 3.8) is 0 Å². The number of carbonyl (C=O) groups is 1. The van der Waals surface area contributed by atoms with Crippen LogP contribution < -0.4 is 5.32 Å². The number of thiazole rings is 1. The topological polar surface area (TPSA) is 72.2 Å². The molecule has 0 radical (unpaired) electrons. The number of hydrogen-bond acceptors (Lipinski definition) is 6. The van der Waals surface area contributed by atoms with E-state index in [9.17, 15) is 4.79 Å². The Labute approximate surface area is 141 Å². The highest BCUT2D eigenvalue weighted by molar-refractivity contribution is 7.15. The highest BCUT2D eigenvalue weighted by atomic mass is 32.1. The molecule has 1 fully saturated rings. The SMILES string of the molecule is O=C(Cc1cn2ccsc2n1)Nc1nnc(CC2CCCC2)s1. The van der Waals surface area contributed by atoms with Gasteiger partial charge in [-0.25, -0.2) is 4.98 Å². The zero-order chi connectivity index (χ0) is 15.6. The molecule has 0 spiro atoms. The lowest BCUT2D eigenvalue weighted by molar-refractivity contribution is -0.115. The van der Waals surface area contributed by atoms with Gasteiger partial charge in [0.15, 0.2) is 4.96 Å². The van der Waals surface area contributed by atoms with Crippen LogP contribution in [0.25, 0.3) is 4.96 Å². The molecule has 1 saturated carbocycles. The number of anilines is 1. The van der Waals surface area contributed by atoms with Crippen LogP contribution in [0, 0.1) is 5.92 Å². The minimum Gasteiger partial charge on any atom is -0.300 e. The van der Waals surface area contributed by atoms with Crippen molar-refractivity contribution < 1.29 is 4.79 Å². The van der Waals surface area contributed by atoms with Gasteiger partial charge in [-0.1, -0.05) is 37.0 Å². The van der Waals surface area contributed by atoms with Gasteiger partial charge < -0.3 is 5.32 Å². The molecule has 0 bridgehead atoms. The van der Waals surface area contributed by atoms with Gasteiger partial charge in [-0.3, -0.25) is 9.20 Å². The first kappa shape index (κ1) is 14.8. The molecule has 8 heteroatoms. The van der Waals surface area contributed by atoms with Gasteiger partial charge >= 0.3 is 0 Å². The molecule has 3 aromatic rings. The zero-order valence-electron chi connectivity index (χ0n) is 12.6. The zero-order valence-corrected chi connectivity index (χ0v) is 14.2. The van der Waals surface area contributed by atoms with Crippen LogP contribution in [0.15, 0.2) is 17.8 Å². The number of fused-ring (bicyclic) bond motifs is 1. The van der Waals surface area contributed by atoms with Crippen molar-refractivity contribution in [1.29, 1.82) is 0 Å². The summed E-state index contributed by atoms with van der Waals surface area (Å²) in [7, 11) is 0. The predicted molar refractivity (Wildman–Crippen MR) is 91.0 cm³/mol. The average Bonchev–Trinajstić information content (AvgIpc) is 3.24. The average molecular weight is 347 g/mol. The fourth-order valence-electron chi connectivity index (χ4n) is 3.04. The third kappa shape index (κ3) is 3.42. The van der Waals surface area contributed by atoms with Crippen molar-refractivity contribution in [2.24, 2.45) is 5.92 Å². The quantitative estimate of drug-likeness (QED) is 0.769. The summed E-state index contributed by atoms with van der Waals surface area (Å²) < 4.78 is 1.93. The summed E-state index contributed by atoms with van der Waals surface area (Å²) in [6.07, 6.45) is 10.3. The second kappa shape index (κ2) is 6.37. The predicted octanol–water partition coefficient (Wildman–Crippen LogP) is 3.16. The van der Waals surface area contributed by atoms with Crippen LogP contribution in [0.5, 0.6) is 0 Å². The first-order chi connectivity index (χ1) is 11.3. The van der Waals surface area contributed by atoms with E-state index in [1.54, 1.807) is 11.3 Å². The molecule has 23 heavy (non-hydrogen) atoms. The van der Waals surface area contributed by atoms with Gasteiger partial charge in [-0.15, -0.1) is 21.5 Å². The Kier molecular flexibility index (Phi) is 4.09. The number of aromatic nitrogens is 4. The lowest BCUT2D eigenvalue weighted by atomic mass is 10.1. The van der Waals surface area contributed by atoms with E-state index in [2.05, 4.69) is 20.5 Å². The molecule has 1 amide bonds. The highest BCUT2D eigenvalue weighted by Crippen LogP contribution is 2.29. The number of imidazole rings is 1. The molecule has 3 aromatic heterocycles. The largest absolute Gasteiger partial charge is 0.300 e. The lowest BCUT2D eigenvalue weighted by Crippen LogP contribution is -2.14. The molecule has 0 saturated heterocycles. The summed E-state index contributed by atoms with van der Waals surface area (Å²) in [4.78, 5) is 17.4. The third-order valence-electron chi connectivity index (χ3n) is 4.14. The summed E-state index contributed by atoms with van der Waals surface area (Å²) in [5.74, 6) is 0.643. The van der Waals surface area contributed by atoms with Crippen molar-refractivity contribution in [2.45, 2.75) is 38.5 Å². The third-order valence-corrected chi connectivity index (χ3v) is 5.77. The first-order valence-electron chi connectivity index (χ1n) is 7.79. The minimum absolute atomic E-state index is 0.0979. The Morgan fingerprint density at radius 2 is 2.22 bits per heavy atom. The maximum atomic E-state index is 12.1. The van der Waals surface area contributed by atoms with E-state index in [1.807, 2.05) is 22.2 Å². The molecule has 0 aromatic carbocycles. The molecule has 1 aliphatic rings. The van der Waals surface area contributed by atoms with Crippen molar-refractivity contribution in [2.75, 3.05) is 5.32 Å². The fourth-order valence-corrected chi connectivity index (χ4v) is 4.63. The van der Waals surface area contributed by atoms with Crippen LogP contribution in [-0.4, -0.2) is 25.5 Å². The van der Waals surface area contributed by atoms with Gasteiger partial charge in [0, 0.05) is 24.2 Å². The summed E-state index contributed by atoms with van der Waals surface area (Å²) in [6, 6.07) is 0. The molecule has 6 nitrogen and oxygen atoms in total. The molecule has 3 heterocycles. The van der Waals surface area contributed by atoms with Crippen molar-refractivity contribution in [1.82, 2.24) is 19.6 Å². The smallest absolute Gasteiger partial charge is 0.232 e. The van der Waals surface area contributed by atoms with Crippen LogP contribution in [0.3, 0.4) is 0 Å².